The van der Waals surface area contributed by atoms with Crippen molar-refractivity contribution in [3.63, 3.8) is 0 Å². The van der Waals surface area contributed by atoms with E-state index in [9.17, 15) is 18.0 Å². The van der Waals surface area contributed by atoms with Gasteiger partial charge in [-0.3, -0.25) is 14.6 Å². The van der Waals surface area contributed by atoms with Crippen LogP contribution < -0.4 is 5.32 Å². The molecule has 0 aliphatic rings. The van der Waals surface area contributed by atoms with Gasteiger partial charge in [-0.25, -0.2) is 12.7 Å². The molecule has 1 aromatic carbocycles. The Balaban J connectivity index is 1.96. The number of nitrogens with one attached hydrogen (secondary N) is 1. The van der Waals surface area contributed by atoms with E-state index in [1.165, 1.54) is 20.2 Å². The number of nitrogens with zero attached hydrogens (tertiary/aromatic N) is 2. The summed E-state index contributed by atoms with van der Waals surface area (Å²) in [4.78, 5) is 28.1. The summed E-state index contributed by atoms with van der Waals surface area (Å²) in [5, 5.41) is 2.54. The van der Waals surface area contributed by atoms with Crippen molar-refractivity contribution in [1.82, 2.24) is 9.29 Å². The number of carbonyl (C=O) groups excluding carboxylic acids is 2. The number of aromatic nitrogens is 1. The van der Waals surface area contributed by atoms with Crippen molar-refractivity contribution in [3.05, 3.63) is 53.3 Å². The highest BCUT2D eigenvalue weighted by molar-refractivity contribution is 7.89. The first kappa shape index (κ1) is 21.5. The van der Waals surface area contributed by atoms with Gasteiger partial charge in [0.2, 0.25) is 10.0 Å². The maximum atomic E-state index is 12.3. The van der Waals surface area contributed by atoms with E-state index in [0.717, 1.165) is 10.00 Å². The lowest BCUT2D eigenvalue weighted by Crippen LogP contribution is -2.24. The molecule has 0 bridgehead atoms. The Morgan fingerprint density at radius 3 is 2.46 bits per heavy atom. The second-order valence-electron chi connectivity index (χ2n) is 6.46. The second kappa shape index (κ2) is 8.94. The van der Waals surface area contributed by atoms with Gasteiger partial charge in [-0.15, -0.1) is 0 Å². The third kappa shape index (κ3) is 5.61. The van der Waals surface area contributed by atoms with E-state index < -0.39 is 28.5 Å². The van der Waals surface area contributed by atoms with Crippen LogP contribution in [0, 0.1) is 13.8 Å². The molecule has 1 aromatic heterocycles. The first-order valence-electron chi connectivity index (χ1n) is 8.50. The zero-order chi connectivity index (χ0) is 20.9. The standard InChI is InChI=1S/C19H23N3O5S/c1-13-5-8-16(10-17(13)28(25,26)22(3)4)21-18(23)12-27-19(24)9-15-7-6-14(2)20-11-15/h5-8,10-11H,9,12H2,1-4H3,(H,21,23). The molecular formula is C19H23N3O5S. The molecule has 0 unspecified atom stereocenters. The van der Waals surface area contributed by atoms with Crippen molar-refractivity contribution in [3.8, 4) is 0 Å². The highest BCUT2D eigenvalue weighted by Gasteiger charge is 2.20. The zero-order valence-corrected chi connectivity index (χ0v) is 17.0. The fourth-order valence-corrected chi connectivity index (χ4v) is 3.46. The molecule has 1 amide bonds. The lowest BCUT2D eigenvalue weighted by atomic mass is 10.2. The minimum atomic E-state index is -3.64. The van der Waals surface area contributed by atoms with Gasteiger partial charge in [-0.2, -0.15) is 0 Å². The minimum Gasteiger partial charge on any atom is -0.455 e. The molecule has 1 heterocycles. The number of sulfonamides is 1. The molecule has 0 aliphatic carbocycles. The Hall–Kier alpha value is -2.78. The van der Waals surface area contributed by atoms with Crippen LogP contribution in [0.1, 0.15) is 16.8 Å². The monoisotopic (exact) mass is 405 g/mol. The molecule has 28 heavy (non-hydrogen) atoms. The molecule has 150 valence electrons. The second-order valence-corrected chi connectivity index (χ2v) is 8.58. The van der Waals surface area contributed by atoms with Crippen molar-refractivity contribution >= 4 is 27.6 Å². The Morgan fingerprint density at radius 1 is 1.14 bits per heavy atom. The van der Waals surface area contributed by atoms with Crippen LogP contribution >= 0.6 is 0 Å². The smallest absolute Gasteiger partial charge is 0.310 e. The zero-order valence-electron chi connectivity index (χ0n) is 16.2. The summed E-state index contributed by atoms with van der Waals surface area (Å²) in [6, 6.07) is 8.11. The summed E-state index contributed by atoms with van der Waals surface area (Å²) in [6.45, 7) is 3.04. The fraction of sp³-hybridized carbons (Fsp3) is 0.316. The molecule has 0 aliphatic heterocycles. The number of rotatable bonds is 7. The number of hydrogen-bond acceptors (Lipinski definition) is 6. The normalized spacial score (nSPS) is 11.3. The Morgan fingerprint density at radius 2 is 1.86 bits per heavy atom. The van der Waals surface area contributed by atoms with Gasteiger partial charge in [-0.1, -0.05) is 12.1 Å². The topological polar surface area (TPSA) is 106 Å². The fourth-order valence-electron chi connectivity index (χ4n) is 2.32. The van der Waals surface area contributed by atoms with Gasteiger partial charge in [0.1, 0.15) is 0 Å². The third-order valence-corrected chi connectivity index (χ3v) is 5.87. The van der Waals surface area contributed by atoms with Crippen molar-refractivity contribution in [1.29, 1.82) is 0 Å². The Labute approximate surface area is 164 Å². The van der Waals surface area contributed by atoms with Crippen molar-refractivity contribution < 1.29 is 22.7 Å². The summed E-state index contributed by atoms with van der Waals surface area (Å²) in [6.07, 6.45) is 1.59. The number of benzene rings is 1. The summed E-state index contributed by atoms with van der Waals surface area (Å²) in [5.41, 5.74) is 2.39. The molecule has 0 saturated carbocycles. The molecule has 0 atom stereocenters. The molecule has 0 spiro atoms. The van der Waals surface area contributed by atoms with E-state index in [-0.39, 0.29) is 11.3 Å². The van der Waals surface area contributed by atoms with Crippen LogP contribution in [0.3, 0.4) is 0 Å². The van der Waals surface area contributed by atoms with Crippen LogP contribution in [0.5, 0.6) is 0 Å². The van der Waals surface area contributed by atoms with Gasteiger partial charge < -0.3 is 10.1 Å². The van der Waals surface area contributed by atoms with Gasteiger partial charge in [-0.05, 0) is 43.2 Å². The van der Waals surface area contributed by atoms with Gasteiger partial charge in [0.15, 0.2) is 6.61 Å². The van der Waals surface area contributed by atoms with E-state index >= 15 is 0 Å². The lowest BCUT2D eigenvalue weighted by Gasteiger charge is -2.15. The van der Waals surface area contributed by atoms with Gasteiger partial charge in [0, 0.05) is 31.7 Å². The van der Waals surface area contributed by atoms with Gasteiger partial charge in [0.25, 0.3) is 5.91 Å². The number of carbonyl (C=O) groups is 2. The molecule has 0 saturated heterocycles. The summed E-state index contributed by atoms with van der Waals surface area (Å²) < 4.78 is 30.7. The summed E-state index contributed by atoms with van der Waals surface area (Å²) in [5.74, 6) is -1.12. The molecule has 1 N–H and O–H groups in total. The average molecular weight is 405 g/mol. The Bertz CT molecular complexity index is 970. The van der Waals surface area contributed by atoms with Crippen molar-refractivity contribution in [2.45, 2.75) is 25.2 Å². The number of amides is 1. The Kier molecular flexibility index (Phi) is 6.87. The molecule has 8 nitrogen and oxygen atoms in total. The van der Waals surface area contributed by atoms with Crippen molar-refractivity contribution in [2.24, 2.45) is 0 Å². The van der Waals surface area contributed by atoms with Crippen LogP contribution in [-0.4, -0.2) is 50.3 Å². The van der Waals surface area contributed by atoms with Crippen LogP contribution in [-0.2, 0) is 30.8 Å². The van der Waals surface area contributed by atoms with Crippen LogP contribution in [0.2, 0.25) is 0 Å². The van der Waals surface area contributed by atoms with Crippen LogP contribution in [0.4, 0.5) is 5.69 Å². The number of hydrogen-bond donors (Lipinski definition) is 1. The predicted molar refractivity (Wildman–Crippen MR) is 104 cm³/mol. The van der Waals surface area contributed by atoms with E-state index in [1.807, 2.05) is 6.92 Å². The summed E-state index contributed by atoms with van der Waals surface area (Å²) >= 11 is 0. The predicted octanol–water partition coefficient (Wildman–Crippen LogP) is 1.67. The first-order valence-corrected chi connectivity index (χ1v) is 9.94. The highest BCUT2D eigenvalue weighted by atomic mass is 32.2. The third-order valence-electron chi connectivity index (χ3n) is 3.92. The lowest BCUT2D eigenvalue weighted by molar-refractivity contribution is -0.146. The number of esters is 1. The van der Waals surface area contributed by atoms with E-state index in [1.54, 1.807) is 37.4 Å². The molecular weight excluding hydrogens is 382 g/mol. The average Bonchev–Trinajstić information content (AvgIpc) is 2.63. The van der Waals surface area contributed by atoms with Crippen LogP contribution in [0.25, 0.3) is 0 Å². The van der Waals surface area contributed by atoms with Crippen molar-refractivity contribution in [2.75, 3.05) is 26.0 Å². The van der Waals surface area contributed by atoms with Gasteiger partial charge >= 0.3 is 5.97 Å². The molecule has 0 fully saturated rings. The number of aryl methyl sites for hydroxylation is 2. The largest absolute Gasteiger partial charge is 0.455 e. The number of pyridine rings is 1. The molecule has 0 radical (unpaired) electrons. The maximum absolute atomic E-state index is 12.3. The molecule has 2 rings (SSSR count). The minimum absolute atomic E-state index is 0.0102. The molecule has 2 aromatic rings. The first-order chi connectivity index (χ1) is 13.1. The maximum Gasteiger partial charge on any atom is 0.310 e. The summed E-state index contributed by atoms with van der Waals surface area (Å²) in [7, 11) is -0.771. The SMILES string of the molecule is Cc1ccc(CC(=O)OCC(=O)Nc2ccc(C)c(S(=O)(=O)N(C)C)c2)cn1. The quantitative estimate of drug-likeness (QED) is 0.703. The van der Waals surface area contributed by atoms with Crippen LogP contribution in [0.15, 0.2) is 41.4 Å². The van der Waals surface area contributed by atoms with E-state index in [2.05, 4.69) is 10.3 Å². The molecule has 9 heteroatoms. The van der Waals surface area contributed by atoms with E-state index in [0.29, 0.717) is 16.8 Å². The van der Waals surface area contributed by atoms with E-state index in [4.69, 9.17) is 4.74 Å². The number of ether oxygens (including phenoxy) is 1. The highest BCUT2D eigenvalue weighted by Crippen LogP contribution is 2.22. The van der Waals surface area contributed by atoms with Gasteiger partial charge in [0.05, 0.1) is 11.3 Å². The number of anilines is 1.